The highest BCUT2D eigenvalue weighted by Crippen LogP contribution is 2.30. The van der Waals surface area contributed by atoms with Crippen LogP contribution < -0.4 is 10.6 Å². The molecular weight excluding hydrogens is 332 g/mol. The van der Waals surface area contributed by atoms with E-state index < -0.39 is 5.41 Å². The summed E-state index contributed by atoms with van der Waals surface area (Å²) in [6.45, 7) is 7.49. The molecule has 0 atom stereocenters. The van der Waals surface area contributed by atoms with Gasteiger partial charge in [-0.15, -0.1) is 11.3 Å². The van der Waals surface area contributed by atoms with Crippen LogP contribution in [0.5, 0.6) is 0 Å². The van der Waals surface area contributed by atoms with Crippen molar-refractivity contribution in [2.45, 2.75) is 47.0 Å². The molecule has 0 saturated carbocycles. The Morgan fingerprint density at radius 2 is 1.76 bits per heavy atom. The molecule has 0 bridgehead atoms. The molecular formula is C20H24N2O2S. The average Bonchev–Trinajstić information content (AvgIpc) is 3.12. The minimum absolute atomic E-state index is 0.0562. The number of fused-ring (bicyclic) bond motifs is 1. The van der Waals surface area contributed by atoms with Crippen LogP contribution in [0.2, 0.25) is 0 Å². The van der Waals surface area contributed by atoms with Crippen molar-refractivity contribution in [3.63, 3.8) is 0 Å². The molecule has 2 N–H and O–H groups in total. The number of benzene rings is 1. The summed E-state index contributed by atoms with van der Waals surface area (Å²) in [4.78, 5) is 25.4. The molecule has 3 rings (SSSR count). The van der Waals surface area contributed by atoms with Crippen molar-refractivity contribution >= 4 is 33.8 Å². The normalized spacial score (nSPS) is 13.4. The Kier molecular flexibility index (Phi) is 4.69. The molecule has 5 heteroatoms. The average molecular weight is 356 g/mol. The van der Waals surface area contributed by atoms with Crippen molar-refractivity contribution in [3.05, 3.63) is 45.8 Å². The number of aryl methyl sites for hydroxylation is 3. The van der Waals surface area contributed by atoms with Crippen LogP contribution in [0.25, 0.3) is 0 Å². The van der Waals surface area contributed by atoms with E-state index in [0.29, 0.717) is 9.88 Å². The molecule has 4 nitrogen and oxygen atoms in total. The first-order valence-electron chi connectivity index (χ1n) is 8.59. The highest BCUT2D eigenvalue weighted by molar-refractivity contribution is 7.18. The van der Waals surface area contributed by atoms with Gasteiger partial charge in [-0.25, -0.2) is 0 Å². The lowest BCUT2D eigenvalue weighted by Gasteiger charge is -2.16. The number of thiophene rings is 1. The summed E-state index contributed by atoms with van der Waals surface area (Å²) in [5, 5.41) is 6.58. The number of carbonyl (C=O) groups is 2. The predicted octanol–water partition coefficient (Wildman–Crippen LogP) is 4.78. The molecule has 1 heterocycles. The fraction of sp³-hybridized carbons (Fsp3) is 0.400. The van der Waals surface area contributed by atoms with Crippen molar-refractivity contribution in [1.29, 1.82) is 0 Å². The quantitative estimate of drug-likeness (QED) is 0.831. The summed E-state index contributed by atoms with van der Waals surface area (Å²) in [7, 11) is 0. The number of hydrogen-bond acceptors (Lipinski definition) is 3. The van der Waals surface area contributed by atoms with Crippen molar-refractivity contribution in [3.8, 4) is 0 Å². The van der Waals surface area contributed by atoms with Gasteiger partial charge in [0.05, 0.1) is 9.88 Å². The van der Waals surface area contributed by atoms with E-state index in [1.165, 1.54) is 28.9 Å². The van der Waals surface area contributed by atoms with Gasteiger partial charge in [-0.3, -0.25) is 9.59 Å². The highest BCUT2D eigenvalue weighted by atomic mass is 32.1. The molecule has 2 aromatic rings. The third kappa shape index (κ3) is 3.93. The van der Waals surface area contributed by atoms with E-state index >= 15 is 0 Å². The second-order valence-electron chi connectivity index (χ2n) is 7.62. The maximum Gasteiger partial charge on any atom is 0.266 e. The Labute approximate surface area is 152 Å². The number of hydrogen-bond donors (Lipinski definition) is 2. The number of carbonyl (C=O) groups excluding carboxylic acids is 2. The van der Waals surface area contributed by atoms with E-state index in [9.17, 15) is 9.59 Å². The van der Waals surface area contributed by atoms with E-state index in [0.717, 1.165) is 24.1 Å². The maximum absolute atomic E-state index is 12.6. The van der Waals surface area contributed by atoms with Gasteiger partial charge in [0.25, 0.3) is 5.91 Å². The second kappa shape index (κ2) is 6.64. The Hall–Kier alpha value is -2.14. The Morgan fingerprint density at radius 1 is 1.04 bits per heavy atom. The van der Waals surface area contributed by atoms with Crippen LogP contribution in [-0.2, 0) is 17.6 Å². The number of nitrogens with one attached hydrogen (secondary N) is 2. The van der Waals surface area contributed by atoms with Gasteiger partial charge in [-0.2, -0.15) is 0 Å². The van der Waals surface area contributed by atoms with Gasteiger partial charge in [-0.05, 0) is 61.1 Å². The van der Waals surface area contributed by atoms with E-state index in [4.69, 9.17) is 0 Å². The predicted molar refractivity (Wildman–Crippen MR) is 104 cm³/mol. The standard InChI is InChI=1S/C20H24N2O2S/c1-12-10-16(22-19(24)20(2,3)4)25-17(12)18(23)21-15-9-8-13-6-5-7-14(13)11-15/h8-11H,5-7H2,1-4H3,(H,21,23)(H,22,24). The lowest BCUT2D eigenvalue weighted by Crippen LogP contribution is -2.27. The largest absolute Gasteiger partial charge is 0.321 e. The minimum Gasteiger partial charge on any atom is -0.321 e. The minimum atomic E-state index is -0.468. The fourth-order valence-electron chi connectivity index (χ4n) is 2.91. The first-order valence-corrected chi connectivity index (χ1v) is 9.41. The molecule has 0 unspecified atom stereocenters. The van der Waals surface area contributed by atoms with Crippen LogP contribution in [-0.4, -0.2) is 11.8 Å². The first-order chi connectivity index (χ1) is 11.7. The molecule has 2 amide bonds. The molecule has 0 spiro atoms. The van der Waals surface area contributed by atoms with Crippen LogP contribution in [0.1, 0.15) is 53.6 Å². The molecule has 0 radical (unpaired) electrons. The van der Waals surface area contributed by atoms with Gasteiger partial charge in [0.1, 0.15) is 0 Å². The van der Waals surface area contributed by atoms with Crippen molar-refractivity contribution in [2.75, 3.05) is 10.6 Å². The summed E-state index contributed by atoms with van der Waals surface area (Å²) in [6.07, 6.45) is 3.40. The van der Waals surface area contributed by atoms with E-state index in [1.54, 1.807) is 0 Å². The molecule has 0 fully saturated rings. The molecule has 25 heavy (non-hydrogen) atoms. The number of rotatable bonds is 3. The van der Waals surface area contributed by atoms with Crippen LogP contribution >= 0.6 is 11.3 Å². The Bertz CT molecular complexity index is 831. The van der Waals surface area contributed by atoms with Gasteiger partial charge in [0.2, 0.25) is 5.91 Å². The first kappa shape index (κ1) is 17.7. The van der Waals surface area contributed by atoms with Gasteiger partial charge < -0.3 is 10.6 Å². The zero-order valence-corrected chi connectivity index (χ0v) is 16.0. The van der Waals surface area contributed by atoms with Gasteiger partial charge in [0, 0.05) is 11.1 Å². The molecule has 132 valence electrons. The van der Waals surface area contributed by atoms with E-state index in [-0.39, 0.29) is 11.8 Å². The lowest BCUT2D eigenvalue weighted by molar-refractivity contribution is -0.123. The van der Waals surface area contributed by atoms with Crippen LogP contribution in [0.15, 0.2) is 24.3 Å². The topological polar surface area (TPSA) is 58.2 Å². The molecule has 0 aliphatic heterocycles. The molecule has 1 aromatic carbocycles. The third-order valence-corrected chi connectivity index (χ3v) is 5.55. The van der Waals surface area contributed by atoms with Crippen molar-refractivity contribution in [2.24, 2.45) is 5.41 Å². The monoisotopic (exact) mass is 356 g/mol. The zero-order chi connectivity index (χ0) is 18.2. The second-order valence-corrected chi connectivity index (χ2v) is 8.67. The summed E-state index contributed by atoms with van der Waals surface area (Å²) in [5.74, 6) is -0.184. The van der Waals surface area contributed by atoms with Crippen molar-refractivity contribution in [1.82, 2.24) is 0 Å². The smallest absolute Gasteiger partial charge is 0.266 e. The molecule has 1 aromatic heterocycles. The fourth-order valence-corrected chi connectivity index (χ4v) is 3.87. The molecule has 1 aliphatic rings. The summed E-state index contributed by atoms with van der Waals surface area (Å²) >= 11 is 1.31. The Balaban J connectivity index is 1.73. The summed E-state index contributed by atoms with van der Waals surface area (Å²) in [5.41, 5.74) is 3.95. The third-order valence-electron chi connectivity index (χ3n) is 4.40. The van der Waals surface area contributed by atoms with Gasteiger partial charge in [-0.1, -0.05) is 26.8 Å². The SMILES string of the molecule is Cc1cc(NC(=O)C(C)(C)C)sc1C(=O)Nc1ccc2c(c1)CCC2. The van der Waals surface area contributed by atoms with E-state index in [1.807, 2.05) is 39.8 Å². The van der Waals surface area contributed by atoms with Gasteiger partial charge >= 0.3 is 0 Å². The Morgan fingerprint density at radius 3 is 2.48 bits per heavy atom. The zero-order valence-electron chi connectivity index (χ0n) is 15.2. The van der Waals surface area contributed by atoms with E-state index in [2.05, 4.69) is 22.8 Å². The highest BCUT2D eigenvalue weighted by Gasteiger charge is 2.23. The maximum atomic E-state index is 12.6. The summed E-state index contributed by atoms with van der Waals surface area (Å²) in [6, 6.07) is 8.00. The molecule has 0 saturated heterocycles. The number of amides is 2. The van der Waals surface area contributed by atoms with Crippen molar-refractivity contribution < 1.29 is 9.59 Å². The van der Waals surface area contributed by atoms with Gasteiger partial charge in [0.15, 0.2) is 0 Å². The van der Waals surface area contributed by atoms with Crippen LogP contribution in [0.3, 0.4) is 0 Å². The lowest BCUT2D eigenvalue weighted by atomic mass is 9.96. The van der Waals surface area contributed by atoms with Crippen LogP contribution in [0.4, 0.5) is 10.7 Å². The molecule has 1 aliphatic carbocycles. The van der Waals surface area contributed by atoms with Crippen LogP contribution in [0, 0.1) is 12.3 Å². The summed E-state index contributed by atoms with van der Waals surface area (Å²) < 4.78 is 0. The number of anilines is 2.